The van der Waals surface area contributed by atoms with E-state index in [-0.39, 0.29) is 11.3 Å². The van der Waals surface area contributed by atoms with E-state index in [9.17, 15) is 0 Å². The van der Waals surface area contributed by atoms with Gasteiger partial charge in [-0.15, -0.1) is 0 Å². The van der Waals surface area contributed by atoms with Crippen molar-refractivity contribution in [2.75, 3.05) is 6.61 Å². The third-order valence-electron chi connectivity index (χ3n) is 1.71. The number of hydrogen-bond donors (Lipinski definition) is 1. The Morgan fingerprint density at radius 3 is 2.64 bits per heavy atom. The highest BCUT2D eigenvalue weighted by Gasteiger charge is 2.05. The summed E-state index contributed by atoms with van der Waals surface area (Å²) >= 11 is 10.9. The molecule has 4 heteroatoms. The molecule has 0 saturated heterocycles. The molecule has 1 rings (SSSR count). The van der Waals surface area contributed by atoms with Crippen molar-refractivity contribution in [2.24, 2.45) is 5.73 Å². The predicted octanol–water partition coefficient (Wildman–Crippen LogP) is 2.98. The second kappa shape index (κ2) is 5.91. The van der Waals surface area contributed by atoms with E-state index in [4.69, 9.17) is 33.7 Å². The Morgan fingerprint density at radius 1 is 1.43 bits per heavy atom. The van der Waals surface area contributed by atoms with Gasteiger partial charge in [-0.05, 0) is 17.2 Å². The van der Waals surface area contributed by atoms with Crippen LogP contribution in [0.3, 0.4) is 0 Å². The van der Waals surface area contributed by atoms with Gasteiger partial charge in [0.15, 0.2) is 5.22 Å². The van der Waals surface area contributed by atoms with Gasteiger partial charge in [0.2, 0.25) is 0 Å². The molecule has 76 valence electrons. The van der Waals surface area contributed by atoms with Crippen LogP contribution in [0.4, 0.5) is 0 Å². The Labute approximate surface area is 93.3 Å². The SMILES string of the molecule is NC(CO/C(Cl)=C\Cl)c1ccccc1. The molecule has 14 heavy (non-hydrogen) atoms. The van der Waals surface area contributed by atoms with Gasteiger partial charge >= 0.3 is 0 Å². The molecular weight excluding hydrogens is 221 g/mol. The van der Waals surface area contributed by atoms with Crippen LogP contribution in [0, 0.1) is 0 Å². The van der Waals surface area contributed by atoms with Gasteiger partial charge in [0.1, 0.15) is 6.61 Å². The van der Waals surface area contributed by atoms with Crippen LogP contribution >= 0.6 is 23.2 Å². The van der Waals surface area contributed by atoms with E-state index >= 15 is 0 Å². The van der Waals surface area contributed by atoms with Gasteiger partial charge in [-0.2, -0.15) is 0 Å². The first-order valence-corrected chi connectivity index (χ1v) is 4.94. The molecule has 0 spiro atoms. The Hall–Kier alpha value is -0.700. The summed E-state index contributed by atoms with van der Waals surface area (Å²) in [4.78, 5) is 0. The molecule has 0 aliphatic rings. The van der Waals surface area contributed by atoms with Crippen LogP contribution in [-0.4, -0.2) is 6.61 Å². The fraction of sp³-hybridized carbons (Fsp3) is 0.200. The minimum Gasteiger partial charge on any atom is -0.480 e. The van der Waals surface area contributed by atoms with E-state index in [1.54, 1.807) is 0 Å². The van der Waals surface area contributed by atoms with E-state index in [1.807, 2.05) is 30.3 Å². The fourth-order valence-corrected chi connectivity index (χ4v) is 1.12. The van der Waals surface area contributed by atoms with Gasteiger partial charge in [-0.3, -0.25) is 0 Å². The van der Waals surface area contributed by atoms with Crippen molar-refractivity contribution >= 4 is 23.2 Å². The molecule has 0 fully saturated rings. The standard InChI is InChI=1S/C10H11Cl2NO/c11-6-10(12)14-7-9(13)8-4-2-1-3-5-8/h1-6,9H,7,13H2/b10-6-. The molecule has 2 N–H and O–H groups in total. The van der Waals surface area contributed by atoms with E-state index in [0.29, 0.717) is 6.61 Å². The zero-order chi connectivity index (χ0) is 10.4. The van der Waals surface area contributed by atoms with Crippen LogP contribution in [0.15, 0.2) is 41.1 Å². The van der Waals surface area contributed by atoms with E-state index in [2.05, 4.69) is 0 Å². The van der Waals surface area contributed by atoms with Crippen molar-refractivity contribution in [3.63, 3.8) is 0 Å². The summed E-state index contributed by atoms with van der Waals surface area (Å²) in [6, 6.07) is 9.46. The lowest BCUT2D eigenvalue weighted by atomic mass is 10.1. The number of ether oxygens (including phenoxy) is 1. The van der Waals surface area contributed by atoms with Gasteiger partial charge < -0.3 is 10.5 Å². The summed E-state index contributed by atoms with van der Waals surface area (Å²) in [5.41, 5.74) is 8.02. The first-order chi connectivity index (χ1) is 6.74. The number of benzene rings is 1. The summed E-state index contributed by atoms with van der Waals surface area (Å²) in [6.07, 6.45) is 0. The first kappa shape index (κ1) is 11.4. The quantitative estimate of drug-likeness (QED) is 0.810. The highest BCUT2D eigenvalue weighted by atomic mass is 35.5. The van der Waals surface area contributed by atoms with Crippen molar-refractivity contribution in [2.45, 2.75) is 6.04 Å². The third-order valence-corrected chi connectivity index (χ3v) is 2.24. The van der Waals surface area contributed by atoms with Crippen molar-refractivity contribution < 1.29 is 4.74 Å². The summed E-state index contributed by atoms with van der Waals surface area (Å²) in [5, 5.41) is 0.151. The maximum absolute atomic E-state index is 5.84. The summed E-state index contributed by atoms with van der Waals surface area (Å²) in [5.74, 6) is 0. The number of rotatable bonds is 4. The molecular formula is C10H11Cl2NO. The molecule has 0 bridgehead atoms. The average molecular weight is 232 g/mol. The highest BCUT2D eigenvalue weighted by Crippen LogP contribution is 2.13. The Balaban J connectivity index is 2.47. The second-order valence-corrected chi connectivity index (χ2v) is 3.33. The lowest BCUT2D eigenvalue weighted by molar-refractivity contribution is 0.216. The molecule has 1 aromatic rings. The van der Waals surface area contributed by atoms with Gasteiger partial charge in [-0.1, -0.05) is 41.9 Å². The molecule has 0 amide bonds. The molecule has 1 unspecified atom stereocenters. The van der Waals surface area contributed by atoms with Gasteiger partial charge in [0, 0.05) is 0 Å². The maximum atomic E-state index is 5.84. The monoisotopic (exact) mass is 231 g/mol. The van der Waals surface area contributed by atoms with Gasteiger partial charge in [0.05, 0.1) is 11.6 Å². The Bertz CT molecular complexity index is 300. The van der Waals surface area contributed by atoms with Crippen molar-refractivity contribution in [3.8, 4) is 0 Å². The zero-order valence-electron chi connectivity index (χ0n) is 7.49. The molecule has 0 aromatic heterocycles. The number of hydrogen-bond acceptors (Lipinski definition) is 2. The molecule has 0 heterocycles. The predicted molar refractivity (Wildman–Crippen MR) is 59.1 cm³/mol. The zero-order valence-corrected chi connectivity index (χ0v) is 9.00. The molecule has 0 radical (unpaired) electrons. The molecule has 1 aromatic carbocycles. The summed E-state index contributed by atoms with van der Waals surface area (Å²) in [7, 11) is 0. The van der Waals surface area contributed by atoms with Crippen molar-refractivity contribution in [1.82, 2.24) is 0 Å². The van der Waals surface area contributed by atoms with Gasteiger partial charge in [-0.25, -0.2) is 0 Å². The highest BCUT2D eigenvalue weighted by molar-refractivity contribution is 6.35. The Kier molecular flexibility index (Phi) is 4.80. The molecule has 0 aliphatic heterocycles. The maximum Gasteiger partial charge on any atom is 0.198 e. The average Bonchev–Trinajstić information content (AvgIpc) is 2.26. The van der Waals surface area contributed by atoms with E-state index in [0.717, 1.165) is 5.56 Å². The summed E-state index contributed by atoms with van der Waals surface area (Å²) in [6.45, 7) is 0.312. The number of halogens is 2. The normalized spacial score (nSPS) is 13.8. The molecule has 0 aliphatic carbocycles. The van der Waals surface area contributed by atoms with Crippen LogP contribution in [0.25, 0.3) is 0 Å². The molecule has 1 atom stereocenters. The smallest absolute Gasteiger partial charge is 0.198 e. The van der Waals surface area contributed by atoms with Crippen LogP contribution in [0.1, 0.15) is 11.6 Å². The first-order valence-electron chi connectivity index (χ1n) is 4.13. The van der Waals surface area contributed by atoms with Crippen LogP contribution in [0.2, 0.25) is 0 Å². The van der Waals surface area contributed by atoms with E-state index in [1.165, 1.54) is 5.54 Å². The Morgan fingerprint density at radius 2 is 2.07 bits per heavy atom. The minimum atomic E-state index is -0.193. The lowest BCUT2D eigenvalue weighted by Gasteiger charge is -2.12. The topological polar surface area (TPSA) is 35.2 Å². The largest absolute Gasteiger partial charge is 0.480 e. The number of nitrogens with two attached hydrogens (primary N) is 1. The summed E-state index contributed by atoms with van der Waals surface area (Å²) < 4.78 is 5.08. The van der Waals surface area contributed by atoms with Crippen molar-refractivity contribution in [1.29, 1.82) is 0 Å². The van der Waals surface area contributed by atoms with Crippen molar-refractivity contribution in [3.05, 3.63) is 46.6 Å². The van der Waals surface area contributed by atoms with Gasteiger partial charge in [0.25, 0.3) is 0 Å². The lowest BCUT2D eigenvalue weighted by Crippen LogP contribution is -2.16. The fourth-order valence-electron chi connectivity index (χ4n) is 0.997. The van der Waals surface area contributed by atoms with Crippen LogP contribution in [0.5, 0.6) is 0 Å². The van der Waals surface area contributed by atoms with Crippen LogP contribution < -0.4 is 5.73 Å². The van der Waals surface area contributed by atoms with Crippen LogP contribution in [-0.2, 0) is 4.74 Å². The molecule has 2 nitrogen and oxygen atoms in total. The molecule has 0 saturated carbocycles. The second-order valence-electron chi connectivity index (χ2n) is 2.74. The van der Waals surface area contributed by atoms with E-state index < -0.39 is 0 Å². The minimum absolute atomic E-state index is 0.151. The third kappa shape index (κ3) is 3.58.